The molecule has 0 aliphatic heterocycles. The van der Waals surface area contributed by atoms with Crippen LogP contribution < -0.4 is 10.5 Å². The molecule has 0 amide bonds. The molecule has 0 saturated heterocycles. The Kier molecular flexibility index (Phi) is 4.27. The quantitative estimate of drug-likeness (QED) is 0.819. The maximum absolute atomic E-state index is 11.7. The summed E-state index contributed by atoms with van der Waals surface area (Å²) in [6, 6.07) is 1.71. The van der Waals surface area contributed by atoms with Gasteiger partial charge in [-0.2, -0.15) is 11.3 Å². The normalized spacial score (nSPS) is 16.2. The van der Waals surface area contributed by atoms with E-state index in [1.165, 1.54) is 0 Å². The van der Waals surface area contributed by atoms with E-state index < -0.39 is 15.3 Å². The molecular formula is C9H16N2O2S2. The van der Waals surface area contributed by atoms with Gasteiger partial charge in [0.05, 0.1) is 5.25 Å². The Labute approximate surface area is 94.5 Å². The van der Waals surface area contributed by atoms with Crippen LogP contribution in [0.15, 0.2) is 16.8 Å². The van der Waals surface area contributed by atoms with Crippen molar-refractivity contribution in [2.45, 2.75) is 25.1 Å². The fourth-order valence-corrected chi connectivity index (χ4v) is 2.95. The molecule has 0 saturated carbocycles. The molecule has 4 nitrogen and oxygen atoms in total. The SMILES string of the molecule is CC(NS(=O)(=O)C(C)CN)c1ccsc1. The maximum atomic E-state index is 11.7. The zero-order chi connectivity index (χ0) is 11.5. The lowest BCUT2D eigenvalue weighted by molar-refractivity contribution is 0.555. The Balaban J connectivity index is 2.70. The first kappa shape index (κ1) is 12.6. The minimum atomic E-state index is -3.31. The molecule has 6 heteroatoms. The number of hydrogen-bond donors (Lipinski definition) is 2. The van der Waals surface area contributed by atoms with Gasteiger partial charge in [0.25, 0.3) is 0 Å². The van der Waals surface area contributed by atoms with Gasteiger partial charge in [-0.15, -0.1) is 0 Å². The van der Waals surface area contributed by atoms with E-state index in [2.05, 4.69) is 4.72 Å². The van der Waals surface area contributed by atoms with Gasteiger partial charge >= 0.3 is 0 Å². The zero-order valence-corrected chi connectivity index (χ0v) is 10.4. The van der Waals surface area contributed by atoms with Crippen LogP contribution in [0.1, 0.15) is 25.5 Å². The standard InChI is InChI=1S/C9H16N2O2S2/c1-7(5-10)15(12,13)11-8(2)9-3-4-14-6-9/h3-4,6-8,11H,5,10H2,1-2H3. The first-order chi connectivity index (χ1) is 6.97. The molecule has 15 heavy (non-hydrogen) atoms. The van der Waals surface area contributed by atoms with E-state index in [4.69, 9.17) is 5.73 Å². The van der Waals surface area contributed by atoms with E-state index in [0.717, 1.165) is 5.56 Å². The van der Waals surface area contributed by atoms with E-state index >= 15 is 0 Å². The second kappa shape index (κ2) is 5.07. The molecule has 2 unspecified atom stereocenters. The molecule has 1 rings (SSSR count). The third-order valence-electron chi connectivity index (χ3n) is 2.25. The summed E-state index contributed by atoms with van der Waals surface area (Å²) < 4.78 is 26.0. The van der Waals surface area contributed by atoms with E-state index in [-0.39, 0.29) is 12.6 Å². The Morgan fingerprint density at radius 3 is 2.67 bits per heavy atom. The zero-order valence-electron chi connectivity index (χ0n) is 8.80. The molecule has 86 valence electrons. The molecule has 2 atom stereocenters. The van der Waals surface area contributed by atoms with Crippen LogP contribution in [-0.4, -0.2) is 20.2 Å². The lowest BCUT2D eigenvalue weighted by Gasteiger charge is -2.16. The van der Waals surface area contributed by atoms with Crippen molar-refractivity contribution < 1.29 is 8.42 Å². The second-order valence-electron chi connectivity index (χ2n) is 3.49. The summed E-state index contributed by atoms with van der Waals surface area (Å²) in [5.41, 5.74) is 6.31. The third-order valence-corrected chi connectivity index (χ3v) is 4.88. The van der Waals surface area contributed by atoms with Crippen molar-refractivity contribution in [2.75, 3.05) is 6.54 Å². The Morgan fingerprint density at radius 1 is 1.53 bits per heavy atom. The van der Waals surface area contributed by atoms with E-state index in [9.17, 15) is 8.42 Å². The van der Waals surface area contributed by atoms with Crippen molar-refractivity contribution >= 4 is 21.4 Å². The van der Waals surface area contributed by atoms with Crippen LogP contribution >= 0.6 is 11.3 Å². The molecular weight excluding hydrogens is 232 g/mol. The lowest BCUT2D eigenvalue weighted by Crippen LogP contribution is -2.38. The number of nitrogens with two attached hydrogens (primary N) is 1. The van der Waals surface area contributed by atoms with Gasteiger partial charge in [-0.1, -0.05) is 0 Å². The van der Waals surface area contributed by atoms with Crippen molar-refractivity contribution in [3.63, 3.8) is 0 Å². The minimum Gasteiger partial charge on any atom is -0.329 e. The van der Waals surface area contributed by atoms with Gasteiger partial charge in [0.2, 0.25) is 10.0 Å². The second-order valence-corrected chi connectivity index (χ2v) is 6.40. The molecule has 0 aliphatic carbocycles. The van der Waals surface area contributed by atoms with Crippen molar-refractivity contribution in [3.05, 3.63) is 22.4 Å². The highest BCUT2D eigenvalue weighted by molar-refractivity contribution is 7.90. The van der Waals surface area contributed by atoms with Crippen LogP contribution in [-0.2, 0) is 10.0 Å². The monoisotopic (exact) mass is 248 g/mol. The molecule has 0 bridgehead atoms. The van der Waals surface area contributed by atoms with Crippen molar-refractivity contribution in [2.24, 2.45) is 5.73 Å². The van der Waals surface area contributed by atoms with Crippen LogP contribution in [0.5, 0.6) is 0 Å². The predicted molar refractivity (Wildman–Crippen MR) is 63.3 cm³/mol. The van der Waals surface area contributed by atoms with Crippen molar-refractivity contribution in [3.8, 4) is 0 Å². The molecule has 1 aromatic heterocycles. The molecule has 1 heterocycles. The van der Waals surface area contributed by atoms with Crippen LogP contribution in [0.2, 0.25) is 0 Å². The average Bonchev–Trinajstić information content (AvgIpc) is 2.68. The molecule has 0 fully saturated rings. The van der Waals surface area contributed by atoms with Crippen molar-refractivity contribution in [1.82, 2.24) is 4.72 Å². The number of sulfonamides is 1. The topological polar surface area (TPSA) is 72.2 Å². The van der Waals surface area contributed by atoms with E-state index in [1.54, 1.807) is 18.3 Å². The first-order valence-electron chi connectivity index (χ1n) is 4.70. The molecule has 0 spiro atoms. The summed E-state index contributed by atoms with van der Waals surface area (Å²) in [5.74, 6) is 0. The molecule has 0 aromatic carbocycles. The Hall–Kier alpha value is -0.430. The fourth-order valence-electron chi connectivity index (χ4n) is 1.08. The maximum Gasteiger partial charge on any atom is 0.216 e. The fraction of sp³-hybridized carbons (Fsp3) is 0.556. The van der Waals surface area contributed by atoms with E-state index in [0.29, 0.717) is 0 Å². The molecule has 0 radical (unpaired) electrons. The molecule has 3 N–H and O–H groups in total. The Morgan fingerprint density at radius 2 is 2.20 bits per heavy atom. The van der Waals surface area contributed by atoms with Crippen LogP contribution in [0.25, 0.3) is 0 Å². The van der Waals surface area contributed by atoms with Gasteiger partial charge in [-0.05, 0) is 36.2 Å². The van der Waals surface area contributed by atoms with Crippen molar-refractivity contribution in [1.29, 1.82) is 0 Å². The first-order valence-corrected chi connectivity index (χ1v) is 7.19. The highest BCUT2D eigenvalue weighted by Gasteiger charge is 2.21. The third kappa shape index (κ3) is 3.27. The lowest BCUT2D eigenvalue weighted by atomic mass is 10.2. The summed E-state index contributed by atoms with van der Waals surface area (Å²) in [4.78, 5) is 0. The largest absolute Gasteiger partial charge is 0.329 e. The highest BCUT2D eigenvalue weighted by atomic mass is 32.2. The van der Waals surface area contributed by atoms with Gasteiger partial charge in [0.1, 0.15) is 0 Å². The number of thiophene rings is 1. The van der Waals surface area contributed by atoms with Crippen LogP contribution in [0.4, 0.5) is 0 Å². The van der Waals surface area contributed by atoms with Crippen LogP contribution in [0.3, 0.4) is 0 Å². The minimum absolute atomic E-state index is 0.131. The van der Waals surface area contributed by atoms with Gasteiger partial charge < -0.3 is 5.73 Å². The summed E-state index contributed by atoms with van der Waals surface area (Å²) in [7, 11) is -3.31. The number of nitrogens with one attached hydrogen (secondary N) is 1. The van der Waals surface area contributed by atoms with E-state index in [1.807, 2.05) is 23.8 Å². The Bertz CT molecular complexity index is 386. The predicted octanol–water partition coefficient (Wildman–Crippen LogP) is 1.08. The van der Waals surface area contributed by atoms with Gasteiger partial charge in [-0.3, -0.25) is 0 Å². The highest BCUT2D eigenvalue weighted by Crippen LogP contribution is 2.17. The smallest absolute Gasteiger partial charge is 0.216 e. The molecule has 0 aliphatic rings. The van der Waals surface area contributed by atoms with Gasteiger partial charge in [-0.25, -0.2) is 13.1 Å². The summed E-state index contributed by atoms with van der Waals surface area (Å²) in [5, 5.41) is 3.30. The average molecular weight is 248 g/mol. The number of hydrogen-bond acceptors (Lipinski definition) is 4. The summed E-state index contributed by atoms with van der Waals surface area (Å²) in [6.07, 6.45) is 0. The summed E-state index contributed by atoms with van der Waals surface area (Å²) in [6.45, 7) is 3.55. The summed E-state index contributed by atoms with van der Waals surface area (Å²) >= 11 is 1.55. The molecule has 1 aromatic rings. The van der Waals surface area contributed by atoms with Gasteiger partial charge in [0.15, 0.2) is 0 Å². The van der Waals surface area contributed by atoms with Gasteiger partial charge in [0, 0.05) is 12.6 Å². The van der Waals surface area contributed by atoms with Crippen LogP contribution in [0, 0.1) is 0 Å². The number of rotatable bonds is 5.